The van der Waals surface area contributed by atoms with Gasteiger partial charge in [-0.05, 0) is 37.1 Å². The van der Waals surface area contributed by atoms with Crippen LogP contribution >= 0.6 is 0 Å². The van der Waals surface area contributed by atoms with E-state index in [1.807, 2.05) is 6.92 Å². The molecule has 3 N–H and O–H groups in total. The highest BCUT2D eigenvalue weighted by molar-refractivity contribution is 5.78. The molecule has 1 heterocycles. The molecule has 1 fully saturated rings. The van der Waals surface area contributed by atoms with Gasteiger partial charge in [0.1, 0.15) is 0 Å². The van der Waals surface area contributed by atoms with Crippen molar-refractivity contribution >= 4 is 5.91 Å². The molecule has 0 saturated carbocycles. The van der Waals surface area contributed by atoms with Crippen LogP contribution in [0.2, 0.25) is 0 Å². The first-order chi connectivity index (χ1) is 10.7. The first-order valence-electron chi connectivity index (χ1n) is 8.47. The van der Waals surface area contributed by atoms with Crippen LogP contribution in [0.25, 0.3) is 0 Å². The monoisotopic (exact) mass is 303 g/mol. The summed E-state index contributed by atoms with van der Waals surface area (Å²) in [7, 11) is 0. The number of nitrogens with zero attached hydrogens (tertiary/aromatic N) is 1. The Labute approximate surface area is 134 Å². The molecule has 1 amide bonds. The zero-order valence-electron chi connectivity index (χ0n) is 13.7. The molecule has 22 heavy (non-hydrogen) atoms. The number of carbonyl (C=O) groups excluding carboxylic acids is 1. The summed E-state index contributed by atoms with van der Waals surface area (Å²) >= 11 is 0. The number of carbonyl (C=O) groups is 1. The predicted octanol–water partition coefficient (Wildman–Crippen LogP) is 2.27. The second-order valence-electron chi connectivity index (χ2n) is 6.36. The van der Waals surface area contributed by atoms with Gasteiger partial charge in [-0.15, -0.1) is 0 Å². The number of hydrogen-bond acceptors (Lipinski definition) is 3. The van der Waals surface area contributed by atoms with Crippen LogP contribution in [-0.2, 0) is 17.9 Å². The van der Waals surface area contributed by atoms with Crippen LogP contribution in [0.3, 0.4) is 0 Å². The highest BCUT2D eigenvalue weighted by Gasteiger charge is 2.11. The molecule has 1 aromatic rings. The van der Waals surface area contributed by atoms with Crippen LogP contribution in [0.1, 0.15) is 43.7 Å². The Bertz CT molecular complexity index is 467. The fourth-order valence-electron chi connectivity index (χ4n) is 2.86. The summed E-state index contributed by atoms with van der Waals surface area (Å²) in [5.74, 6) is -0.0966. The third kappa shape index (κ3) is 5.43. The molecule has 2 rings (SSSR count). The normalized spacial score (nSPS) is 17.7. The largest absolute Gasteiger partial charge is 0.352 e. The van der Waals surface area contributed by atoms with Crippen molar-refractivity contribution in [2.75, 3.05) is 19.6 Å². The number of nitrogens with one attached hydrogen (secondary N) is 1. The van der Waals surface area contributed by atoms with Gasteiger partial charge in [-0.25, -0.2) is 0 Å². The summed E-state index contributed by atoms with van der Waals surface area (Å²) in [5, 5.41) is 2.96. The van der Waals surface area contributed by atoms with Gasteiger partial charge >= 0.3 is 0 Å². The van der Waals surface area contributed by atoms with Gasteiger partial charge in [0, 0.05) is 25.6 Å². The average Bonchev–Trinajstić information content (AvgIpc) is 2.81. The lowest BCUT2D eigenvalue weighted by atomic mass is 10.1. The Morgan fingerprint density at radius 1 is 1.23 bits per heavy atom. The van der Waals surface area contributed by atoms with Crippen molar-refractivity contribution < 1.29 is 4.79 Å². The second-order valence-corrected chi connectivity index (χ2v) is 6.36. The van der Waals surface area contributed by atoms with Crippen molar-refractivity contribution in [3.63, 3.8) is 0 Å². The molecule has 0 spiro atoms. The fourth-order valence-corrected chi connectivity index (χ4v) is 2.86. The molecule has 0 aromatic heterocycles. The van der Waals surface area contributed by atoms with Crippen LogP contribution in [-0.4, -0.2) is 30.4 Å². The lowest BCUT2D eigenvalue weighted by Gasteiger charge is -2.20. The highest BCUT2D eigenvalue weighted by Crippen LogP contribution is 2.14. The Morgan fingerprint density at radius 2 is 1.91 bits per heavy atom. The molecular formula is C18H29N3O. The summed E-state index contributed by atoms with van der Waals surface area (Å²) in [6, 6.07) is 8.54. The number of hydrogen-bond donors (Lipinski definition) is 2. The van der Waals surface area contributed by atoms with Gasteiger partial charge in [0.15, 0.2) is 0 Å². The highest BCUT2D eigenvalue weighted by atomic mass is 16.1. The summed E-state index contributed by atoms with van der Waals surface area (Å²) in [4.78, 5) is 14.3. The smallest absolute Gasteiger partial charge is 0.224 e. The molecule has 1 saturated heterocycles. The zero-order chi connectivity index (χ0) is 15.8. The minimum atomic E-state index is -0.125. The molecule has 1 aliphatic rings. The maximum atomic E-state index is 11.8. The van der Waals surface area contributed by atoms with Gasteiger partial charge in [-0.2, -0.15) is 0 Å². The zero-order valence-corrected chi connectivity index (χ0v) is 13.7. The van der Waals surface area contributed by atoms with Crippen LogP contribution in [0, 0.1) is 5.92 Å². The number of likely N-dealkylation sites (tertiary alicyclic amines) is 1. The van der Waals surface area contributed by atoms with Gasteiger partial charge in [-0.1, -0.05) is 44.0 Å². The van der Waals surface area contributed by atoms with Crippen LogP contribution in [0.15, 0.2) is 24.3 Å². The van der Waals surface area contributed by atoms with Crippen molar-refractivity contribution in [2.24, 2.45) is 11.7 Å². The molecular weight excluding hydrogens is 274 g/mol. The van der Waals surface area contributed by atoms with E-state index in [0.717, 1.165) is 12.1 Å². The van der Waals surface area contributed by atoms with Crippen LogP contribution in [0.5, 0.6) is 0 Å². The van der Waals surface area contributed by atoms with Gasteiger partial charge < -0.3 is 11.1 Å². The van der Waals surface area contributed by atoms with E-state index in [1.165, 1.54) is 44.3 Å². The van der Waals surface area contributed by atoms with Crippen molar-refractivity contribution in [1.82, 2.24) is 10.2 Å². The van der Waals surface area contributed by atoms with Gasteiger partial charge in [0.05, 0.1) is 0 Å². The van der Waals surface area contributed by atoms with Crippen LogP contribution < -0.4 is 11.1 Å². The van der Waals surface area contributed by atoms with Crippen molar-refractivity contribution in [2.45, 2.75) is 45.7 Å². The molecule has 0 bridgehead atoms. The SMILES string of the molecule is CC(CN)C(=O)NCc1cccc(CN2CCCCCC2)c1. The summed E-state index contributed by atoms with van der Waals surface area (Å²) in [6.07, 6.45) is 5.35. The molecule has 0 radical (unpaired) electrons. The summed E-state index contributed by atoms with van der Waals surface area (Å²) in [6.45, 7) is 6.24. The van der Waals surface area contributed by atoms with Crippen molar-refractivity contribution in [3.05, 3.63) is 35.4 Å². The molecule has 1 atom stereocenters. The second kappa shape index (κ2) is 8.91. The lowest BCUT2D eigenvalue weighted by Crippen LogP contribution is -2.32. The van der Waals surface area contributed by atoms with Crippen molar-refractivity contribution in [1.29, 1.82) is 0 Å². The van der Waals surface area contributed by atoms with Gasteiger partial charge in [-0.3, -0.25) is 9.69 Å². The molecule has 122 valence electrons. The Kier molecular flexibility index (Phi) is 6.87. The molecule has 4 nitrogen and oxygen atoms in total. The maximum Gasteiger partial charge on any atom is 0.224 e. The fraction of sp³-hybridized carbons (Fsp3) is 0.611. The maximum absolute atomic E-state index is 11.8. The minimum Gasteiger partial charge on any atom is -0.352 e. The van der Waals surface area contributed by atoms with E-state index in [0.29, 0.717) is 13.1 Å². The lowest BCUT2D eigenvalue weighted by molar-refractivity contribution is -0.124. The van der Waals surface area contributed by atoms with E-state index in [2.05, 4.69) is 34.5 Å². The van der Waals surface area contributed by atoms with E-state index in [1.54, 1.807) is 0 Å². The number of nitrogens with two attached hydrogens (primary N) is 1. The number of benzene rings is 1. The number of rotatable bonds is 6. The number of amides is 1. The van der Waals surface area contributed by atoms with Gasteiger partial charge in [0.25, 0.3) is 0 Å². The summed E-state index contributed by atoms with van der Waals surface area (Å²) in [5.41, 5.74) is 8.01. The molecule has 1 aromatic carbocycles. The first kappa shape index (κ1) is 17.0. The van der Waals surface area contributed by atoms with E-state index in [4.69, 9.17) is 5.73 Å². The minimum absolute atomic E-state index is 0.0282. The molecule has 4 heteroatoms. The predicted molar refractivity (Wildman–Crippen MR) is 90.3 cm³/mol. The Hall–Kier alpha value is -1.39. The summed E-state index contributed by atoms with van der Waals surface area (Å²) < 4.78 is 0. The van der Waals surface area contributed by atoms with Crippen molar-refractivity contribution in [3.8, 4) is 0 Å². The average molecular weight is 303 g/mol. The third-order valence-electron chi connectivity index (χ3n) is 4.36. The van der Waals surface area contributed by atoms with E-state index in [9.17, 15) is 4.79 Å². The van der Waals surface area contributed by atoms with Crippen LogP contribution in [0.4, 0.5) is 0 Å². The van der Waals surface area contributed by atoms with E-state index < -0.39 is 0 Å². The topological polar surface area (TPSA) is 58.4 Å². The molecule has 1 unspecified atom stereocenters. The quantitative estimate of drug-likeness (QED) is 0.847. The molecule has 1 aliphatic heterocycles. The first-order valence-corrected chi connectivity index (χ1v) is 8.47. The van der Waals surface area contributed by atoms with E-state index in [-0.39, 0.29) is 11.8 Å². The van der Waals surface area contributed by atoms with E-state index >= 15 is 0 Å². The Morgan fingerprint density at radius 3 is 2.59 bits per heavy atom. The molecule has 0 aliphatic carbocycles. The standard InChI is InChI=1S/C18H29N3O/c1-15(12-19)18(22)20-13-16-7-6-8-17(11-16)14-21-9-4-2-3-5-10-21/h6-8,11,15H,2-5,9-10,12-14,19H2,1H3,(H,20,22). The Balaban J connectivity index is 1.87. The van der Waals surface area contributed by atoms with Gasteiger partial charge in [0.2, 0.25) is 5.91 Å². The third-order valence-corrected chi connectivity index (χ3v) is 4.36.